The Hall–Kier alpha value is -1.81. The molecule has 0 aliphatic carbocycles. The molecule has 2 amide bonds. The molecule has 108 valence electrons. The first-order valence-electron chi connectivity index (χ1n) is 6.29. The summed E-state index contributed by atoms with van der Waals surface area (Å²) in [6.45, 7) is 7.28. The Bertz CT molecular complexity index is 516. The van der Waals surface area contributed by atoms with Crippen LogP contribution in [0, 0.1) is 0 Å². The first-order chi connectivity index (χ1) is 9.25. The molecule has 0 aliphatic rings. The highest BCUT2D eigenvalue weighted by Crippen LogP contribution is 2.13. The van der Waals surface area contributed by atoms with Gasteiger partial charge in [-0.1, -0.05) is 17.7 Å². The van der Waals surface area contributed by atoms with Gasteiger partial charge in [0.15, 0.2) is 0 Å². The van der Waals surface area contributed by atoms with E-state index in [-0.39, 0.29) is 11.8 Å². The van der Waals surface area contributed by atoms with Gasteiger partial charge in [0.05, 0.1) is 5.54 Å². The van der Waals surface area contributed by atoms with Gasteiger partial charge in [0.2, 0.25) is 0 Å². The van der Waals surface area contributed by atoms with Crippen molar-refractivity contribution in [3.8, 4) is 0 Å². The van der Waals surface area contributed by atoms with Crippen LogP contribution >= 0.6 is 11.6 Å². The summed E-state index contributed by atoms with van der Waals surface area (Å²) in [5.74, 6) is -0.628. The van der Waals surface area contributed by atoms with Crippen molar-refractivity contribution in [2.45, 2.75) is 33.2 Å². The molecule has 0 saturated carbocycles. The van der Waals surface area contributed by atoms with Crippen molar-refractivity contribution in [3.05, 3.63) is 47.0 Å². The maximum absolute atomic E-state index is 12.1. The zero-order valence-electron chi connectivity index (χ0n) is 12.1. The van der Waals surface area contributed by atoms with E-state index < -0.39 is 5.54 Å². The lowest BCUT2D eigenvalue weighted by Gasteiger charge is -2.34. The van der Waals surface area contributed by atoms with Gasteiger partial charge >= 0.3 is 0 Å². The standard InChI is InChI=1S/C15H19ClN2O2/c1-5-6-13(19)18(15(2,3)4)17-14(20)11-7-9-12(16)10-8-11/h5-10H,1-4H3,(H,17,20). The van der Waals surface area contributed by atoms with E-state index in [9.17, 15) is 9.59 Å². The maximum Gasteiger partial charge on any atom is 0.269 e. The molecule has 0 aromatic heterocycles. The first kappa shape index (κ1) is 16.2. The third-order valence-corrected chi connectivity index (χ3v) is 2.77. The Labute approximate surface area is 124 Å². The van der Waals surface area contributed by atoms with Crippen LogP contribution in [0.1, 0.15) is 38.1 Å². The van der Waals surface area contributed by atoms with Gasteiger partial charge in [0.1, 0.15) is 0 Å². The molecule has 1 aromatic rings. The number of benzene rings is 1. The number of rotatable bonds is 2. The zero-order valence-corrected chi connectivity index (χ0v) is 12.9. The summed E-state index contributed by atoms with van der Waals surface area (Å²) < 4.78 is 0. The minimum Gasteiger partial charge on any atom is -0.268 e. The lowest BCUT2D eigenvalue weighted by molar-refractivity contribution is -0.133. The predicted molar refractivity (Wildman–Crippen MR) is 80.3 cm³/mol. The molecule has 0 atom stereocenters. The van der Waals surface area contributed by atoms with Gasteiger partial charge in [-0.15, -0.1) is 0 Å². The number of carbonyl (C=O) groups is 2. The summed E-state index contributed by atoms with van der Waals surface area (Å²) in [4.78, 5) is 24.2. The molecule has 0 saturated heterocycles. The van der Waals surface area contributed by atoms with Crippen LogP contribution in [0.3, 0.4) is 0 Å². The second-order valence-electron chi connectivity index (χ2n) is 5.29. The van der Waals surface area contributed by atoms with E-state index in [0.29, 0.717) is 10.6 Å². The molecule has 5 heteroatoms. The maximum atomic E-state index is 12.1. The molecule has 0 spiro atoms. The average Bonchev–Trinajstić information content (AvgIpc) is 2.35. The minimum absolute atomic E-state index is 0.276. The quantitative estimate of drug-likeness (QED) is 0.673. The van der Waals surface area contributed by atoms with Gasteiger partial charge in [0, 0.05) is 16.7 Å². The third-order valence-electron chi connectivity index (χ3n) is 2.52. The Morgan fingerprint density at radius 3 is 2.20 bits per heavy atom. The van der Waals surface area contributed by atoms with Crippen molar-refractivity contribution in [1.82, 2.24) is 10.4 Å². The van der Waals surface area contributed by atoms with Gasteiger partial charge in [-0.05, 0) is 52.0 Å². The third kappa shape index (κ3) is 4.38. The average molecular weight is 295 g/mol. The van der Waals surface area contributed by atoms with Crippen molar-refractivity contribution in [3.63, 3.8) is 0 Å². The SMILES string of the molecule is CC=CC(=O)N(NC(=O)c1ccc(Cl)cc1)C(C)(C)C. The highest BCUT2D eigenvalue weighted by Gasteiger charge is 2.27. The van der Waals surface area contributed by atoms with E-state index in [1.54, 1.807) is 37.3 Å². The minimum atomic E-state index is -0.529. The molecule has 1 aromatic carbocycles. The summed E-state index contributed by atoms with van der Waals surface area (Å²) >= 11 is 5.78. The number of halogens is 1. The van der Waals surface area contributed by atoms with Crippen molar-refractivity contribution < 1.29 is 9.59 Å². The summed E-state index contributed by atoms with van der Waals surface area (Å²) in [7, 11) is 0. The number of hydrazine groups is 1. The van der Waals surface area contributed by atoms with Crippen LogP contribution in [-0.2, 0) is 4.79 Å². The molecular weight excluding hydrogens is 276 g/mol. The highest BCUT2D eigenvalue weighted by molar-refractivity contribution is 6.30. The Balaban J connectivity index is 2.93. The number of carbonyl (C=O) groups excluding carboxylic acids is 2. The van der Waals surface area contributed by atoms with E-state index in [1.807, 2.05) is 20.8 Å². The lowest BCUT2D eigenvalue weighted by atomic mass is 10.1. The Kier molecular flexibility index (Phi) is 5.34. The Morgan fingerprint density at radius 1 is 1.20 bits per heavy atom. The van der Waals surface area contributed by atoms with Crippen molar-refractivity contribution >= 4 is 23.4 Å². The number of hydrogen-bond acceptors (Lipinski definition) is 2. The second-order valence-corrected chi connectivity index (χ2v) is 5.73. The molecule has 0 unspecified atom stereocenters. The van der Waals surface area contributed by atoms with Crippen molar-refractivity contribution in [2.75, 3.05) is 0 Å². The molecular formula is C15H19ClN2O2. The molecule has 0 fully saturated rings. The predicted octanol–water partition coefficient (Wildman–Crippen LogP) is 3.19. The summed E-state index contributed by atoms with van der Waals surface area (Å²) in [5.41, 5.74) is 2.54. The number of hydrogen-bond donors (Lipinski definition) is 1. The number of nitrogens with one attached hydrogen (secondary N) is 1. The van der Waals surface area contributed by atoms with Crippen molar-refractivity contribution in [2.24, 2.45) is 0 Å². The molecule has 0 bridgehead atoms. The number of amides is 2. The molecule has 20 heavy (non-hydrogen) atoms. The summed E-state index contributed by atoms with van der Waals surface area (Å²) in [6, 6.07) is 6.48. The van der Waals surface area contributed by atoms with Crippen molar-refractivity contribution in [1.29, 1.82) is 0 Å². The molecule has 1 N–H and O–H groups in total. The van der Waals surface area contributed by atoms with Crippen LogP contribution in [-0.4, -0.2) is 22.4 Å². The fraction of sp³-hybridized carbons (Fsp3) is 0.333. The van der Waals surface area contributed by atoms with Crippen LogP contribution in [0.4, 0.5) is 0 Å². The monoisotopic (exact) mass is 294 g/mol. The largest absolute Gasteiger partial charge is 0.269 e. The second kappa shape index (κ2) is 6.57. The highest BCUT2D eigenvalue weighted by atomic mass is 35.5. The molecule has 4 nitrogen and oxygen atoms in total. The molecule has 0 radical (unpaired) electrons. The first-order valence-corrected chi connectivity index (χ1v) is 6.67. The topological polar surface area (TPSA) is 49.4 Å². The number of nitrogens with zero attached hydrogens (tertiary/aromatic N) is 1. The van der Waals surface area contributed by atoms with Gasteiger partial charge in [-0.25, -0.2) is 5.01 Å². The van der Waals surface area contributed by atoms with E-state index in [4.69, 9.17) is 11.6 Å². The van der Waals surface area contributed by atoms with Crippen LogP contribution in [0.25, 0.3) is 0 Å². The molecule has 0 heterocycles. The van der Waals surface area contributed by atoms with Gasteiger partial charge in [0.25, 0.3) is 11.8 Å². The smallest absolute Gasteiger partial charge is 0.268 e. The summed E-state index contributed by atoms with van der Waals surface area (Å²) in [6.07, 6.45) is 3.04. The molecule has 0 aliphatic heterocycles. The van der Waals surface area contributed by atoms with Crippen LogP contribution in [0.2, 0.25) is 5.02 Å². The van der Waals surface area contributed by atoms with E-state index in [2.05, 4.69) is 5.43 Å². The van der Waals surface area contributed by atoms with Crippen LogP contribution in [0.5, 0.6) is 0 Å². The van der Waals surface area contributed by atoms with E-state index >= 15 is 0 Å². The molecule has 1 rings (SSSR count). The normalized spacial score (nSPS) is 11.4. The van der Waals surface area contributed by atoms with Gasteiger partial charge in [-0.3, -0.25) is 15.0 Å². The van der Waals surface area contributed by atoms with Crippen LogP contribution < -0.4 is 5.43 Å². The fourth-order valence-electron chi connectivity index (χ4n) is 1.54. The lowest BCUT2D eigenvalue weighted by Crippen LogP contribution is -2.55. The number of allylic oxidation sites excluding steroid dienone is 1. The van der Waals surface area contributed by atoms with Gasteiger partial charge in [-0.2, -0.15) is 0 Å². The summed E-state index contributed by atoms with van der Waals surface area (Å²) in [5, 5.41) is 1.86. The van der Waals surface area contributed by atoms with E-state index in [0.717, 1.165) is 0 Å². The van der Waals surface area contributed by atoms with Gasteiger partial charge < -0.3 is 0 Å². The van der Waals surface area contributed by atoms with Crippen LogP contribution in [0.15, 0.2) is 36.4 Å². The Morgan fingerprint density at radius 2 is 1.75 bits per heavy atom. The zero-order chi connectivity index (χ0) is 15.3. The van der Waals surface area contributed by atoms with E-state index in [1.165, 1.54) is 11.1 Å². The fourth-order valence-corrected chi connectivity index (χ4v) is 1.66.